The Kier molecular flexibility index (Phi) is 7.34. The van der Waals surface area contributed by atoms with E-state index in [4.69, 9.17) is 15.4 Å². The van der Waals surface area contributed by atoms with E-state index in [0.717, 1.165) is 25.1 Å². The first-order valence-electron chi connectivity index (χ1n) is 7.98. The Bertz CT molecular complexity index is 770. The maximum Gasteiger partial charge on any atom is 0.328 e. The highest BCUT2D eigenvalue weighted by Gasteiger charge is 2.30. The molecular formula is C17H24N2O6S. The van der Waals surface area contributed by atoms with Crippen LogP contribution in [0.1, 0.15) is 33.1 Å². The number of nitrogens with two attached hydrogens (primary N) is 1. The maximum atomic E-state index is 11.4. The SMILES string of the molecule is CC1(C)CCCCN1c1cccc(S(N)(=O)=O)c1.O=C(O)C=CC(=O)O. The number of hydrogen-bond donors (Lipinski definition) is 3. The van der Waals surface area contributed by atoms with Crippen LogP contribution in [-0.4, -0.2) is 42.7 Å². The molecule has 1 heterocycles. The van der Waals surface area contributed by atoms with Crippen molar-refractivity contribution in [1.29, 1.82) is 0 Å². The van der Waals surface area contributed by atoms with Gasteiger partial charge in [-0.2, -0.15) is 0 Å². The van der Waals surface area contributed by atoms with Crippen molar-refractivity contribution in [2.45, 2.75) is 43.5 Å². The van der Waals surface area contributed by atoms with Gasteiger partial charge in [0.15, 0.2) is 0 Å². The summed E-state index contributed by atoms with van der Waals surface area (Å²) in [7, 11) is -3.63. The van der Waals surface area contributed by atoms with E-state index in [1.165, 1.54) is 12.5 Å². The molecule has 1 aromatic carbocycles. The zero-order valence-electron chi connectivity index (χ0n) is 14.8. The van der Waals surface area contributed by atoms with Crippen molar-refractivity contribution in [2.24, 2.45) is 5.14 Å². The fourth-order valence-electron chi connectivity index (χ4n) is 2.71. The van der Waals surface area contributed by atoms with Crippen LogP contribution < -0.4 is 10.0 Å². The molecule has 0 spiro atoms. The highest BCUT2D eigenvalue weighted by molar-refractivity contribution is 7.89. The molecule has 2 rings (SSSR count). The number of anilines is 1. The lowest BCUT2D eigenvalue weighted by atomic mass is 9.90. The van der Waals surface area contributed by atoms with Crippen molar-refractivity contribution in [1.82, 2.24) is 0 Å². The minimum atomic E-state index is -3.63. The third-order valence-corrected chi connectivity index (χ3v) is 4.89. The molecule has 4 N–H and O–H groups in total. The Hall–Kier alpha value is -2.39. The molecule has 0 unspecified atom stereocenters. The second-order valence-corrected chi connectivity index (χ2v) is 8.03. The van der Waals surface area contributed by atoms with Crippen molar-refractivity contribution >= 4 is 27.6 Å². The minimum absolute atomic E-state index is 0.0647. The molecule has 0 saturated carbocycles. The summed E-state index contributed by atoms with van der Waals surface area (Å²) in [5.41, 5.74) is 1.00. The number of aliphatic carboxylic acids is 2. The van der Waals surface area contributed by atoms with Crippen LogP contribution in [0.15, 0.2) is 41.3 Å². The Balaban J connectivity index is 0.000000359. The van der Waals surface area contributed by atoms with E-state index in [2.05, 4.69) is 18.7 Å². The van der Waals surface area contributed by atoms with Gasteiger partial charge in [-0.3, -0.25) is 0 Å². The number of nitrogens with zero attached hydrogens (tertiary/aromatic N) is 1. The van der Waals surface area contributed by atoms with Crippen molar-refractivity contribution in [3.63, 3.8) is 0 Å². The van der Waals surface area contributed by atoms with Gasteiger partial charge in [0.2, 0.25) is 10.0 Å². The number of piperidine rings is 1. The summed E-state index contributed by atoms with van der Waals surface area (Å²) in [5, 5.41) is 20.8. The Labute approximate surface area is 153 Å². The fraction of sp³-hybridized carbons (Fsp3) is 0.412. The topological polar surface area (TPSA) is 138 Å². The van der Waals surface area contributed by atoms with Crippen LogP contribution in [0.5, 0.6) is 0 Å². The Morgan fingerprint density at radius 1 is 1.15 bits per heavy atom. The standard InChI is InChI=1S/C13H20N2O2S.C4H4O4/c1-13(2)8-3-4-9-15(13)11-6-5-7-12(10-11)18(14,16)17;5-3(6)1-2-4(7)8/h5-7,10H,3-4,8-9H2,1-2H3,(H2,14,16,17);1-2H,(H,5,6)(H,7,8). The Morgan fingerprint density at radius 2 is 1.73 bits per heavy atom. The molecule has 0 bridgehead atoms. The van der Waals surface area contributed by atoms with Crippen LogP contribution in [-0.2, 0) is 19.6 Å². The monoisotopic (exact) mass is 384 g/mol. The van der Waals surface area contributed by atoms with Gasteiger partial charge in [0.05, 0.1) is 4.90 Å². The first kappa shape index (κ1) is 21.7. The summed E-state index contributed by atoms with van der Waals surface area (Å²) in [5.74, 6) is -2.51. The molecule has 1 saturated heterocycles. The first-order valence-corrected chi connectivity index (χ1v) is 9.52. The van der Waals surface area contributed by atoms with Crippen molar-refractivity contribution in [3.8, 4) is 0 Å². The number of benzene rings is 1. The molecule has 144 valence electrons. The van der Waals surface area contributed by atoms with Crippen LogP contribution in [0, 0.1) is 0 Å². The summed E-state index contributed by atoms with van der Waals surface area (Å²) < 4.78 is 22.8. The summed E-state index contributed by atoms with van der Waals surface area (Å²) in [6.07, 6.45) is 4.60. The lowest BCUT2D eigenvalue weighted by Gasteiger charge is -2.44. The van der Waals surface area contributed by atoms with Gasteiger partial charge in [-0.25, -0.2) is 23.1 Å². The third-order valence-electron chi connectivity index (χ3n) is 3.98. The van der Waals surface area contributed by atoms with Gasteiger partial charge in [0.1, 0.15) is 0 Å². The average molecular weight is 384 g/mol. The summed E-state index contributed by atoms with van der Waals surface area (Å²) in [6.45, 7) is 5.34. The molecule has 0 radical (unpaired) electrons. The number of hydrogen-bond acceptors (Lipinski definition) is 5. The molecule has 9 heteroatoms. The molecule has 1 aromatic rings. The quantitative estimate of drug-likeness (QED) is 0.673. The molecule has 8 nitrogen and oxygen atoms in total. The number of sulfonamides is 1. The molecule has 0 amide bonds. The van der Waals surface area contributed by atoms with Gasteiger partial charge in [-0.15, -0.1) is 0 Å². The van der Waals surface area contributed by atoms with Crippen molar-refractivity contribution < 1.29 is 28.2 Å². The third kappa shape index (κ3) is 6.85. The van der Waals surface area contributed by atoms with E-state index in [1.807, 2.05) is 6.07 Å². The first-order chi connectivity index (χ1) is 11.9. The molecular weight excluding hydrogens is 360 g/mol. The smallest absolute Gasteiger partial charge is 0.328 e. The highest BCUT2D eigenvalue weighted by Crippen LogP contribution is 2.33. The average Bonchev–Trinajstić information content (AvgIpc) is 2.52. The predicted molar refractivity (Wildman–Crippen MR) is 97.5 cm³/mol. The normalized spacial score (nSPS) is 16.7. The fourth-order valence-corrected chi connectivity index (χ4v) is 3.27. The van der Waals surface area contributed by atoms with Crippen LogP contribution in [0.3, 0.4) is 0 Å². The van der Waals surface area contributed by atoms with Gasteiger partial charge < -0.3 is 15.1 Å². The number of carbonyl (C=O) groups is 2. The number of carboxylic acid groups (broad SMARTS) is 2. The van der Waals surface area contributed by atoms with E-state index in [1.54, 1.807) is 12.1 Å². The van der Waals surface area contributed by atoms with Gasteiger partial charge in [0, 0.05) is 29.9 Å². The number of carboxylic acids is 2. The lowest BCUT2D eigenvalue weighted by molar-refractivity contribution is -0.134. The van der Waals surface area contributed by atoms with Crippen LogP contribution in [0.4, 0.5) is 5.69 Å². The largest absolute Gasteiger partial charge is 0.478 e. The Morgan fingerprint density at radius 3 is 2.19 bits per heavy atom. The van der Waals surface area contributed by atoms with E-state index in [0.29, 0.717) is 12.2 Å². The zero-order valence-corrected chi connectivity index (χ0v) is 15.6. The van der Waals surface area contributed by atoms with Crippen molar-refractivity contribution in [2.75, 3.05) is 11.4 Å². The summed E-state index contributed by atoms with van der Waals surface area (Å²) in [6, 6.07) is 6.90. The van der Waals surface area contributed by atoms with Crippen LogP contribution in [0.25, 0.3) is 0 Å². The van der Waals surface area contributed by atoms with Gasteiger partial charge in [-0.1, -0.05) is 6.07 Å². The predicted octanol–water partition coefficient (Wildman–Crippen LogP) is 1.81. The van der Waals surface area contributed by atoms with Crippen LogP contribution >= 0.6 is 0 Å². The molecule has 1 fully saturated rings. The summed E-state index contributed by atoms with van der Waals surface area (Å²) >= 11 is 0. The molecule has 0 aliphatic carbocycles. The highest BCUT2D eigenvalue weighted by atomic mass is 32.2. The van der Waals surface area contributed by atoms with Crippen LogP contribution in [0.2, 0.25) is 0 Å². The second kappa shape index (κ2) is 8.81. The van der Waals surface area contributed by atoms with Gasteiger partial charge >= 0.3 is 11.9 Å². The molecule has 1 aliphatic rings. The van der Waals surface area contributed by atoms with Gasteiger partial charge in [-0.05, 0) is 51.3 Å². The zero-order chi connectivity index (χ0) is 20.0. The van der Waals surface area contributed by atoms with Gasteiger partial charge in [0.25, 0.3) is 0 Å². The maximum absolute atomic E-state index is 11.4. The lowest BCUT2D eigenvalue weighted by Crippen LogP contribution is -2.47. The van der Waals surface area contributed by atoms with E-state index in [-0.39, 0.29) is 10.4 Å². The van der Waals surface area contributed by atoms with E-state index in [9.17, 15) is 18.0 Å². The number of primary sulfonamides is 1. The molecule has 1 aliphatic heterocycles. The second-order valence-electron chi connectivity index (χ2n) is 6.47. The molecule has 0 atom stereocenters. The van der Waals surface area contributed by atoms with E-state index < -0.39 is 22.0 Å². The van der Waals surface area contributed by atoms with E-state index >= 15 is 0 Å². The summed E-state index contributed by atoms with van der Waals surface area (Å²) in [4.78, 5) is 21.6. The minimum Gasteiger partial charge on any atom is -0.478 e. The molecule has 0 aromatic heterocycles. The molecule has 26 heavy (non-hydrogen) atoms. The van der Waals surface area contributed by atoms with Crippen molar-refractivity contribution in [3.05, 3.63) is 36.4 Å². The number of rotatable bonds is 4.